The van der Waals surface area contributed by atoms with E-state index >= 15 is 0 Å². The topological polar surface area (TPSA) is 82.8 Å². The molecule has 0 radical (unpaired) electrons. The van der Waals surface area contributed by atoms with Crippen LogP contribution >= 0.6 is 24.0 Å². The van der Waals surface area contributed by atoms with Gasteiger partial charge in [-0.25, -0.2) is 0 Å². The summed E-state index contributed by atoms with van der Waals surface area (Å²) in [6, 6.07) is 0.429. The Kier molecular flexibility index (Phi) is 11.4. The van der Waals surface area contributed by atoms with Gasteiger partial charge < -0.3 is 16.4 Å². The van der Waals surface area contributed by atoms with Crippen molar-refractivity contribution in [1.82, 2.24) is 15.5 Å². The Labute approximate surface area is 169 Å². The maximum absolute atomic E-state index is 11.0. The van der Waals surface area contributed by atoms with Gasteiger partial charge >= 0.3 is 0 Å². The Morgan fingerprint density at radius 3 is 2.44 bits per heavy atom. The molecule has 7 heteroatoms. The van der Waals surface area contributed by atoms with Gasteiger partial charge in [-0.05, 0) is 25.2 Å². The zero-order valence-corrected chi connectivity index (χ0v) is 18.0. The summed E-state index contributed by atoms with van der Waals surface area (Å²) in [5.74, 6) is 1.66. The van der Waals surface area contributed by atoms with Gasteiger partial charge in [0.2, 0.25) is 5.91 Å². The fraction of sp³-hybridized carbons (Fsp3) is 0.889. The molecule has 2 rings (SSSR count). The van der Waals surface area contributed by atoms with Crippen molar-refractivity contribution in [2.24, 2.45) is 16.6 Å². The van der Waals surface area contributed by atoms with Crippen molar-refractivity contribution in [3.63, 3.8) is 0 Å². The van der Waals surface area contributed by atoms with Crippen LogP contribution < -0.4 is 16.4 Å². The molecule has 4 N–H and O–H groups in total. The maximum Gasteiger partial charge on any atom is 0.231 e. The summed E-state index contributed by atoms with van der Waals surface area (Å²) in [6.07, 6.45) is 11.8. The number of likely N-dealkylation sites (tertiary alicyclic amines) is 1. The molecule has 1 aliphatic carbocycles. The fourth-order valence-corrected chi connectivity index (χ4v) is 3.91. The van der Waals surface area contributed by atoms with Gasteiger partial charge in [-0.2, -0.15) is 0 Å². The molecule has 0 aromatic carbocycles. The first-order valence-corrected chi connectivity index (χ1v) is 9.65. The molecular weight excluding hydrogens is 429 g/mol. The third-order valence-corrected chi connectivity index (χ3v) is 5.34. The SMILES string of the molecule is CN=C(NCCCCC1CCCC1)NC1CCN(CC(N)=O)CC1.I. The van der Waals surface area contributed by atoms with Crippen LogP contribution in [0.15, 0.2) is 4.99 Å². The number of rotatable bonds is 8. The summed E-state index contributed by atoms with van der Waals surface area (Å²) in [5.41, 5.74) is 5.25. The molecule has 1 heterocycles. The van der Waals surface area contributed by atoms with Crippen LogP contribution in [-0.2, 0) is 4.79 Å². The van der Waals surface area contributed by atoms with E-state index in [1.54, 1.807) is 0 Å². The van der Waals surface area contributed by atoms with Crippen LogP contribution in [0.2, 0.25) is 0 Å². The lowest BCUT2D eigenvalue weighted by Gasteiger charge is -2.32. The van der Waals surface area contributed by atoms with Crippen LogP contribution in [0.1, 0.15) is 57.8 Å². The van der Waals surface area contributed by atoms with Crippen molar-refractivity contribution in [2.45, 2.75) is 63.8 Å². The minimum atomic E-state index is -0.239. The molecule has 1 saturated heterocycles. The minimum absolute atomic E-state index is 0. The van der Waals surface area contributed by atoms with Crippen LogP contribution in [0, 0.1) is 5.92 Å². The number of guanidine groups is 1. The molecule has 1 aliphatic heterocycles. The van der Waals surface area contributed by atoms with E-state index in [-0.39, 0.29) is 29.9 Å². The second-order valence-corrected chi connectivity index (χ2v) is 7.31. The van der Waals surface area contributed by atoms with E-state index in [1.165, 1.54) is 44.9 Å². The Balaban J connectivity index is 0.00000312. The Morgan fingerprint density at radius 2 is 1.84 bits per heavy atom. The molecule has 0 bridgehead atoms. The summed E-state index contributed by atoms with van der Waals surface area (Å²) >= 11 is 0. The van der Waals surface area contributed by atoms with Gasteiger partial charge in [-0.3, -0.25) is 14.7 Å². The zero-order valence-electron chi connectivity index (χ0n) is 15.6. The predicted molar refractivity (Wildman–Crippen MR) is 114 cm³/mol. The number of hydrogen-bond acceptors (Lipinski definition) is 3. The Hall–Kier alpha value is -0.570. The summed E-state index contributed by atoms with van der Waals surface area (Å²) < 4.78 is 0. The predicted octanol–water partition coefficient (Wildman–Crippen LogP) is 2.08. The molecule has 1 saturated carbocycles. The standard InChI is InChI=1S/C18H35N5O.HI/c1-20-18(21-11-5-4-8-15-6-2-3-7-15)22-16-9-12-23(13-10-16)14-17(19)24;/h15-16H,2-14H2,1H3,(H2,19,24)(H2,20,21,22);1H. The van der Waals surface area contributed by atoms with Gasteiger partial charge in [-0.15, -0.1) is 24.0 Å². The highest BCUT2D eigenvalue weighted by atomic mass is 127. The lowest BCUT2D eigenvalue weighted by Crippen LogP contribution is -2.49. The second-order valence-electron chi connectivity index (χ2n) is 7.31. The van der Waals surface area contributed by atoms with Crippen LogP contribution in [0.3, 0.4) is 0 Å². The molecular formula is C18H36IN5O. The number of aliphatic imine (C=N–C) groups is 1. The maximum atomic E-state index is 11.0. The molecule has 25 heavy (non-hydrogen) atoms. The molecule has 0 spiro atoms. The van der Waals surface area contributed by atoms with Gasteiger partial charge in [0, 0.05) is 32.7 Å². The van der Waals surface area contributed by atoms with Crippen molar-refractivity contribution in [3.8, 4) is 0 Å². The average Bonchev–Trinajstić information content (AvgIpc) is 3.08. The van der Waals surface area contributed by atoms with E-state index in [4.69, 9.17) is 5.73 Å². The number of halogens is 1. The van der Waals surface area contributed by atoms with Gasteiger partial charge in [0.15, 0.2) is 5.96 Å². The largest absolute Gasteiger partial charge is 0.369 e. The zero-order chi connectivity index (χ0) is 17.2. The van der Waals surface area contributed by atoms with E-state index in [0.717, 1.165) is 44.4 Å². The highest BCUT2D eigenvalue weighted by Crippen LogP contribution is 2.28. The van der Waals surface area contributed by atoms with Crippen molar-refractivity contribution in [3.05, 3.63) is 0 Å². The van der Waals surface area contributed by atoms with Gasteiger partial charge in [0.05, 0.1) is 6.54 Å². The van der Waals surface area contributed by atoms with Crippen LogP contribution in [0.25, 0.3) is 0 Å². The van der Waals surface area contributed by atoms with Crippen LogP contribution in [0.5, 0.6) is 0 Å². The number of unbranched alkanes of at least 4 members (excludes halogenated alkanes) is 1. The molecule has 0 unspecified atom stereocenters. The monoisotopic (exact) mass is 465 g/mol. The fourth-order valence-electron chi connectivity index (χ4n) is 3.91. The van der Waals surface area contributed by atoms with Gasteiger partial charge in [-0.1, -0.05) is 38.5 Å². The molecule has 0 aromatic heterocycles. The van der Waals surface area contributed by atoms with Crippen molar-refractivity contribution in [2.75, 3.05) is 33.2 Å². The number of piperidine rings is 1. The van der Waals surface area contributed by atoms with Crippen LogP contribution in [0.4, 0.5) is 0 Å². The van der Waals surface area contributed by atoms with E-state index in [0.29, 0.717) is 12.6 Å². The summed E-state index contributed by atoms with van der Waals surface area (Å²) in [5, 5.41) is 6.94. The van der Waals surface area contributed by atoms with E-state index in [9.17, 15) is 4.79 Å². The quantitative estimate of drug-likeness (QED) is 0.222. The Bertz CT molecular complexity index is 404. The second kappa shape index (κ2) is 12.7. The first-order chi connectivity index (χ1) is 11.7. The average molecular weight is 465 g/mol. The lowest BCUT2D eigenvalue weighted by molar-refractivity contribution is -0.119. The number of carbonyl (C=O) groups excluding carboxylic acids is 1. The molecule has 2 fully saturated rings. The number of amides is 1. The Morgan fingerprint density at radius 1 is 1.16 bits per heavy atom. The molecule has 1 amide bonds. The molecule has 6 nitrogen and oxygen atoms in total. The third-order valence-electron chi connectivity index (χ3n) is 5.34. The van der Waals surface area contributed by atoms with Crippen LogP contribution in [-0.4, -0.2) is 56.0 Å². The van der Waals surface area contributed by atoms with E-state index < -0.39 is 0 Å². The lowest BCUT2D eigenvalue weighted by atomic mass is 10.0. The summed E-state index contributed by atoms with van der Waals surface area (Å²) in [7, 11) is 1.83. The first-order valence-electron chi connectivity index (χ1n) is 9.65. The van der Waals surface area contributed by atoms with Crippen molar-refractivity contribution in [1.29, 1.82) is 0 Å². The number of primary amides is 1. The van der Waals surface area contributed by atoms with Gasteiger partial charge in [0.1, 0.15) is 0 Å². The third kappa shape index (κ3) is 9.08. The first kappa shape index (κ1) is 22.5. The summed E-state index contributed by atoms with van der Waals surface area (Å²) in [4.78, 5) is 17.4. The number of nitrogens with two attached hydrogens (primary N) is 1. The normalized spacial score (nSPS) is 20.3. The van der Waals surface area contributed by atoms with Gasteiger partial charge in [0.25, 0.3) is 0 Å². The number of hydrogen-bond donors (Lipinski definition) is 3. The molecule has 2 aliphatic rings. The smallest absolute Gasteiger partial charge is 0.231 e. The molecule has 0 aromatic rings. The highest BCUT2D eigenvalue weighted by molar-refractivity contribution is 14.0. The van der Waals surface area contributed by atoms with Crippen molar-refractivity contribution < 1.29 is 4.79 Å². The molecule has 146 valence electrons. The molecule has 0 atom stereocenters. The minimum Gasteiger partial charge on any atom is -0.369 e. The van der Waals surface area contributed by atoms with E-state index in [2.05, 4.69) is 20.5 Å². The van der Waals surface area contributed by atoms with E-state index in [1.807, 2.05) is 7.05 Å². The highest BCUT2D eigenvalue weighted by Gasteiger charge is 2.20. The number of nitrogens with one attached hydrogen (secondary N) is 2. The number of carbonyl (C=O) groups is 1. The number of nitrogens with zero attached hydrogens (tertiary/aromatic N) is 2. The summed E-state index contributed by atoms with van der Waals surface area (Å²) in [6.45, 7) is 3.20. The van der Waals surface area contributed by atoms with Crippen molar-refractivity contribution >= 4 is 35.8 Å².